The van der Waals surface area contributed by atoms with Gasteiger partial charge < -0.3 is 9.73 Å². The second-order valence-electron chi connectivity index (χ2n) is 4.84. The van der Waals surface area contributed by atoms with E-state index in [0.29, 0.717) is 5.76 Å². The quantitative estimate of drug-likeness (QED) is 0.832. The molecular weight excluding hydrogens is 297 g/mol. The number of nitrogens with one attached hydrogen (secondary N) is 2. The van der Waals surface area contributed by atoms with E-state index in [0.717, 1.165) is 12.1 Å². The Balaban J connectivity index is 2.01. The normalized spacial score (nSPS) is 13.7. The fourth-order valence-corrected chi connectivity index (χ4v) is 1.93. The molecule has 0 saturated heterocycles. The van der Waals surface area contributed by atoms with Crippen molar-refractivity contribution < 1.29 is 22.4 Å². The Morgan fingerprint density at radius 1 is 1.14 bits per heavy atom. The van der Waals surface area contributed by atoms with E-state index >= 15 is 0 Å². The molecule has 0 bridgehead atoms. The molecule has 0 aliphatic heterocycles. The lowest BCUT2D eigenvalue weighted by Gasteiger charge is -2.18. The largest absolute Gasteiger partial charge is 0.468 e. The van der Waals surface area contributed by atoms with E-state index in [1.54, 1.807) is 26.0 Å². The van der Waals surface area contributed by atoms with Gasteiger partial charge in [-0.1, -0.05) is 0 Å². The van der Waals surface area contributed by atoms with Gasteiger partial charge in [-0.3, -0.25) is 10.1 Å². The molecule has 0 aliphatic carbocycles. The van der Waals surface area contributed by atoms with Gasteiger partial charge in [-0.05, 0) is 38.1 Å². The summed E-state index contributed by atoms with van der Waals surface area (Å²) < 4.78 is 44.6. The smallest absolute Gasteiger partial charge is 0.241 e. The topological polar surface area (TPSA) is 54.3 Å². The summed E-state index contributed by atoms with van der Waals surface area (Å²) in [6.45, 7) is 3.35. The number of carbonyl (C=O) groups excluding carboxylic acids is 1. The van der Waals surface area contributed by atoms with Crippen molar-refractivity contribution in [1.82, 2.24) is 5.32 Å². The highest BCUT2D eigenvalue weighted by atomic mass is 19.2. The SMILES string of the molecule is C[C@@H](N[C@H](C)c1ccco1)C(=O)Nc1ccc(F)c(F)c1F. The summed E-state index contributed by atoms with van der Waals surface area (Å²) in [5, 5.41) is 5.17. The molecule has 2 rings (SSSR count). The monoisotopic (exact) mass is 312 g/mol. The van der Waals surface area contributed by atoms with Crippen LogP contribution in [0.15, 0.2) is 34.9 Å². The van der Waals surface area contributed by atoms with Crippen LogP contribution in [0.3, 0.4) is 0 Å². The molecule has 0 aliphatic rings. The molecule has 0 fully saturated rings. The number of rotatable bonds is 5. The first-order chi connectivity index (χ1) is 10.4. The molecule has 1 heterocycles. The molecule has 0 spiro atoms. The molecule has 1 aromatic heterocycles. The Morgan fingerprint density at radius 2 is 1.86 bits per heavy atom. The fourth-order valence-electron chi connectivity index (χ4n) is 1.93. The zero-order valence-electron chi connectivity index (χ0n) is 12.0. The summed E-state index contributed by atoms with van der Waals surface area (Å²) in [5.74, 6) is -4.31. The first-order valence-electron chi connectivity index (χ1n) is 6.64. The van der Waals surface area contributed by atoms with E-state index in [9.17, 15) is 18.0 Å². The molecule has 1 amide bonds. The minimum absolute atomic E-state index is 0.245. The minimum Gasteiger partial charge on any atom is -0.468 e. The Kier molecular flexibility index (Phi) is 4.87. The molecule has 0 saturated carbocycles. The third kappa shape index (κ3) is 3.48. The average molecular weight is 312 g/mol. The summed E-state index contributed by atoms with van der Waals surface area (Å²) in [5.41, 5.74) is -0.414. The number of carbonyl (C=O) groups is 1. The van der Waals surface area contributed by atoms with Gasteiger partial charge in [0, 0.05) is 0 Å². The van der Waals surface area contributed by atoms with Crippen LogP contribution >= 0.6 is 0 Å². The van der Waals surface area contributed by atoms with Crippen molar-refractivity contribution in [2.75, 3.05) is 5.32 Å². The molecule has 0 unspecified atom stereocenters. The number of halogens is 3. The summed E-state index contributed by atoms with van der Waals surface area (Å²) in [7, 11) is 0. The fraction of sp³-hybridized carbons (Fsp3) is 0.267. The standard InChI is InChI=1S/C15H15F3N2O2/c1-8(12-4-3-7-22-12)19-9(2)15(21)20-11-6-5-10(16)13(17)14(11)18/h3-9,19H,1-2H3,(H,20,21)/t8-,9-/m1/s1. The van der Waals surface area contributed by atoms with Crippen molar-refractivity contribution >= 4 is 11.6 Å². The van der Waals surface area contributed by atoms with Gasteiger partial charge in [0.15, 0.2) is 17.5 Å². The van der Waals surface area contributed by atoms with Gasteiger partial charge in [-0.2, -0.15) is 0 Å². The molecule has 7 heteroatoms. The van der Waals surface area contributed by atoms with Crippen molar-refractivity contribution in [3.63, 3.8) is 0 Å². The second-order valence-corrected chi connectivity index (χ2v) is 4.84. The molecule has 2 aromatic rings. The van der Waals surface area contributed by atoms with Gasteiger partial charge in [-0.25, -0.2) is 13.2 Å². The van der Waals surface area contributed by atoms with Crippen molar-refractivity contribution in [3.8, 4) is 0 Å². The summed E-state index contributed by atoms with van der Waals surface area (Å²) >= 11 is 0. The molecule has 118 valence electrons. The number of hydrogen-bond donors (Lipinski definition) is 2. The van der Waals surface area contributed by atoms with Crippen LogP contribution in [0, 0.1) is 17.5 Å². The maximum atomic E-state index is 13.5. The van der Waals surface area contributed by atoms with Crippen LogP contribution in [0.1, 0.15) is 25.6 Å². The zero-order valence-corrected chi connectivity index (χ0v) is 12.0. The lowest BCUT2D eigenvalue weighted by atomic mass is 10.2. The number of anilines is 1. The van der Waals surface area contributed by atoms with Gasteiger partial charge >= 0.3 is 0 Å². The van der Waals surface area contributed by atoms with Crippen LogP contribution in [0.25, 0.3) is 0 Å². The first kappa shape index (κ1) is 16.1. The number of furan rings is 1. The van der Waals surface area contributed by atoms with Crippen molar-refractivity contribution in [2.24, 2.45) is 0 Å². The van der Waals surface area contributed by atoms with Crippen LogP contribution in [0.4, 0.5) is 18.9 Å². The second kappa shape index (κ2) is 6.65. The van der Waals surface area contributed by atoms with Gasteiger partial charge in [-0.15, -0.1) is 0 Å². The highest BCUT2D eigenvalue weighted by Gasteiger charge is 2.20. The number of hydrogen-bond acceptors (Lipinski definition) is 3. The number of amides is 1. The van der Waals surface area contributed by atoms with Crippen LogP contribution < -0.4 is 10.6 Å². The molecule has 4 nitrogen and oxygen atoms in total. The van der Waals surface area contributed by atoms with E-state index in [4.69, 9.17) is 4.42 Å². The zero-order chi connectivity index (χ0) is 16.3. The Labute approximate surface area is 125 Å². The van der Waals surface area contributed by atoms with E-state index in [1.807, 2.05) is 0 Å². The van der Waals surface area contributed by atoms with Gasteiger partial charge in [0.25, 0.3) is 0 Å². The van der Waals surface area contributed by atoms with E-state index in [2.05, 4.69) is 10.6 Å². The Morgan fingerprint density at radius 3 is 2.50 bits per heavy atom. The Bertz CT molecular complexity index is 659. The maximum Gasteiger partial charge on any atom is 0.241 e. The Hall–Kier alpha value is -2.28. The van der Waals surface area contributed by atoms with Crippen molar-refractivity contribution in [3.05, 3.63) is 53.7 Å². The van der Waals surface area contributed by atoms with Gasteiger partial charge in [0.05, 0.1) is 24.0 Å². The molecule has 2 N–H and O–H groups in total. The predicted molar refractivity (Wildman–Crippen MR) is 74.7 cm³/mol. The van der Waals surface area contributed by atoms with Gasteiger partial charge in [0.2, 0.25) is 5.91 Å². The predicted octanol–water partition coefficient (Wildman–Crippen LogP) is 3.37. The first-order valence-corrected chi connectivity index (χ1v) is 6.64. The van der Waals surface area contributed by atoms with Crippen molar-refractivity contribution in [2.45, 2.75) is 25.9 Å². The highest BCUT2D eigenvalue weighted by Crippen LogP contribution is 2.20. The number of benzene rings is 1. The summed E-state index contributed by atoms with van der Waals surface area (Å²) in [4.78, 5) is 12.0. The molecule has 2 atom stereocenters. The third-order valence-electron chi connectivity index (χ3n) is 3.16. The van der Waals surface area contributed by atoms with Crippen LogP contribution in [-0.4, -0.2) is 11.9 Å². The maximum absolute atomic E-state index is 13.5. The molecule has 1 aromatic carbocycles. The van der Waals surface area contributed by atoms with Crippen LogP contribution in [-0.2, 0) is 4.79 Å². The highest BCUT2D eigenvalue weighted by molar-refractivity contribution is 5.94. The van der Waals surface area contributed by atoms with Gasteiger partial charge in [0.1, 0.15) is 5.76 Å². The minimum atomic E-state index is -1.62. The molecular formula is C15H15F3N2O2. The van der Waals surface area contributed by atoms with Crippen LogP contribution in [0.2, 0.25) is 0 Å². The van der Waals surface area contributed by atoms with Crippen LogP contribution in [0.5, 0.6) is 0 Å². The van der Waals surface area contributed by atoms with Crippen molar-refractivity contribution in [1.29, 1.82) is 0 Å². The summed E-state index contributed by atoms with van der Waals surface area (Å²) in [6, 6.07) is 4.23. The van der Waals surface area contributed by atoms with E-state index in [1.165, 1.54) is 6.26 Å². The molecule has 22 heavy (non-hydrogen) atoms. The van der Waals surface area contributed by atoms with E-state index in [-0.39, 0.29) is 6.04 Å². The molecule has 0 radical (unpaired) electrons. The third-order valence-corrected chi connectivity index (χ3v) is 3.16. The van der Waals surface area contributed by atoms with E-state index < -0.39 is 35.1 Å². The average Bonchev–Trinajstić information content (AvgIpc) is 3.02. The lowest BCUT2D eigenvalue weighted by molar-refractivity contribution is -0.118. The lowest BCUT2D eigenvalue weighted by Crippen LogP contribution is -2.39. The summed E-state index contributed by atoms with van der Waals surface area (Å²) in [6.07, 6.45) is 1.51.